The van der Waals surface area contributed by atoms with Gasteiger partial charge in [0.1, 0.15) is 29.0 Å². The van der Waals surface area contributed by atoms with E-state index >= 15 is 0 Å². The predicted octanol–water partition coefficient (Wildman–Crippen LogP) is 3.41. The maximum atomic E-state index is 12.1. The van der Waals surface area contributed by atoms with Crippen molar-refractivity contribution in [2.75, 3.05) is 14.2 Å². The average Bonchev–Trinajstić information content (AvgIpc) is 2.71. The second-order valence-corrected chi connectivity index (χ2v) is 7.95. The van der Waals surface area contributed by atoms with E-state index in [-0.39, 0.29) is 0 Å². The van der Waals surface area contributed by atoms with Crippen LogP contribution in [0.2, 0.25) is 0 Å². The first kappa shape index (κ1) is 21.5. The van der Waals surface area contributed by atoms with Crippen molar-refractivity contribution in [3.63, 3.8) is 0 Å². The highest BCUT2D eigenvalue weighted by Crippen LogP contribution is 2.47. The van der Waals surface area contributed by atoms with Gasteiger partial charge in [0.2, 0.25) is 12.1 Å². The Kier molecular flexibility index (Phi) is 5.93. The summed E-state index contributed by atoms with van der Waals surface area (Å²) in [6, 6.07) is 10.1. The fourth-order valence-electron chi connectivity index (χ4n) is 4.38. The SMILES string of the molecule is COc1ccc([C@H]2N[C@@H](c3ccc(OC)cc3)[C@@H]([N+](=O)[O-])C(C)(C)[C@H]2[N+](=O)[O-])cc1. The molecule has 2 aromatic carbocycles. The molecule has 1 heterocycles. The van der Waals surface area contributed by atoms with Gasteiger partial charge in [0.05, 0.1) is 14.2 Å². The number of nitrogens with one attached hydrogen (secondary N) is 1. The van der Waals surface area contributed by atoms with Crippen LogP contribution in [-0.2, 0) is 0 Å². The summed E-state index contributed by atoms with van der Waals surface area (Å²) in [4.78, 5) is 23.3. The number of methoxy groups -OCH3 is 2. The summed E-state index contributed by atoms with van der Waals surface area (Å²) in [5, 5.41) is 27.4. The van der Waals surface area contributed by atoms with E-state index in [1.54, 1.807) is 62.4 Å². The molecule has 1 saturated heterocycles. The first-order valence-electron chi connectivity index (χ1n) is 9.51. The quantitative estimate of drug-likeness (QED) is 0.567. The van der Waals surface area contributed by atoms with Crippen LogP contribution in [0.4, 0.5) is 0 Å². The van der Waals surface area contributed by atoms with Crippen molar-refractivity contribution in [3.8, 4) is 11.5 Å². The Morgan fingerprint density at radius 1 is 0.767 bits per heavy atom. The van der Waals surface area contributed by atoms with Gasteiger partial charge >= 0.3 is 0 Å². The third kappa shape index (κ3) is 3.80. The Labute approximate surface area is 174 Å². The van der Waals surface area contributed by atoms with Crippen molar-refractivity contribution in [3.05, 3.63) is 79.9 Å². The number of benzene rings is 2. The Balaban J connectivity index is 2.11. The van der Waals surface area contributed by atoms with Crippen molar-refractivity contribution in [1.82, 2.24) is 5.32 Å². The predicted molar refractivity (Wildman–Crippen MR) is 110 cm³/mol. The number of nitro groups is 2. The van der Waals surface area contributed by atoms with Gasteiger partial charge in [-0.1, -0.05) is 24.3 Å². The van der Waals surface area contributed by atoms with E-state index in [2.05, 4.69) is 5.32 Å². The maximum absolute atomic E-state index is 12.1. The van der Waals surface area contributed by atoms with E-state index in [9.17, 15) is 20.2 Å². The molecule has 0 spiro atoms. The molecule has 9 nitrogen and oxygen atoms in total. The van der Waals surface area contributed by atoms with E-state index in [0.29, 0.717) is 22.6 Å². The summed E-state index contributed by atoms with van der Waals surface area (Å²) in [6.45, 7) is 3.20. The summed E-state index contributed by atoms with van der Waals surface area (Å²) in [5.74, 6) is 1.25. The number of rotatable bonds is 6. The number of hydrogen-bond donors (Lipinski definition) is 1. The molecule has 0 bridgehead atoms. The van der Waals surface area contributed by atoms with E-state index in [1.807, 2.05) is 0 Å². The number of piperidine rings is 1. The van der Waals surface area contributed by atoms with Crippen LogP contribution in [0.25, 0.3) is 0 Å². The Bertz CT molecular complexity index is 840. The molecule has 160 valence electrons. The summed E-state index contributed by atoms with van der Waals surface area (Å²) in [7, 11) is 3.08. The largest absolute Gasteiger partial charge is 0.497 e. The van der Waals surface area contributed by atoms with Crippen LogP contribution < -0.4 is 14.8 Å². The molecule has 1 aliphatic rings. The lowest BCUT2D eigenvalue weighted by Crippen LogP contribution is -2.63. The molecular formula is C21H25N3O6. The van der Waals surface area contributed by atoms with Gasteiger partial charge < -0.3 is 9.47 Å². The van der Waals surface area contributed by atoms with Gasteiger partial charge in [-0.05, 0) is 49.2 Å². The monoisotopic (exact) mass is 415 g/mol. The minimum Gasteiger partial charge on any atom is -0.497 e. The van der Waals surface area contributed by atoms with Gasteiger partial charge in [0.15, 0.2) is 0 Å². The van der Waals surface area contributed by atoms with Crippen molar-refractivity contribution in [1.29, 1.82) is 0 Å². The number of nitrogens with zero attached hydrogens (tertiary/aromatic N) is 2. The molecule has 0 aliphatic carbocycles. The molecule has 0 saturated carbocycles. The number of hydrogen-bond acceptors (Lipinski definition) is 7. The lowest BCUT2D eigenvalue weighted by Gasteiger charge is -2.44. The lowest BCUT2D eigenvalue weighted by atomic mass is 9.66. The zero-order valence-electron chi connectivity index (χ0n) is 17.3. The minimum absolute atomic E-state index is 0.414. The molecule has 0 amide bonds. The van der Waals surface area contributed by atoms with Crippen LogP contribution in [0, 0.1) is 25.6 Å². The van der Waals surface area contributed by atoms with Gasteiger partial charge in [-0.3, -0.25) is 25.5 Å². The Hall–Kier alpha value is -3.20. The van der Waals surface area contributed by atoms with Crippen LogP contribution >= 0.6 is 0 Å². The van der Waals surface area contributed by atoms with Crippen LogP contribution in [0.1, 0.15) is 37.1 Å². The van der Waals surface area contributed by atoms with Crippen LogP contribution in [0.5, 0.6) is 11.5 Å². The lowest BCUT2D eigenvalue weighted by molar-refractivity contribution is -0.605. The zero-order valence-corrected chi connectivity index (χ0v) is 17.3. The fourth-order valence-corrected chi connectivity index (χ4v) is 4.38. The van der Waals surface area contributed by atoms with E-state index in [4.69, 9.17) is 9.47 Å². The molecule has 2 aromatic rings. The Morgan fingerprint density at radius 2 is 1.10 bits per heavy atom. The smallest absolute Gasteiger partial charge is 0.243 e. The molecule has 0 radical (unpaired) electrons. The van der Waals surface area contributed by atoms with Crippen molar-refractivity contribution >= 4 is 0 Å². The van der Waals surface area contributed by atoms with E-state index in [1.165, 1.54) is 14.2 Å². The standard InChI is InChI=1S/C21H25N3O6/c1-21(2)19(23(25)26)17(13-5-9-15(29-3)10-6-13)22-18(20(21)24(27)28)14-7-11-16(30-4)12-8-14/h5-12,17-20,22H,1-4H3/t17-,18+,19+,20-. The van der Waals surface area contributed by atoms with E-state index in [0.717, 1.165) is 0 Å². The highest BCUT2D eigenvalue weighted by atomic mass is 16.6. The highest BCUT2D eigenvalue weighted by Gasteiger charge is 2.62. The van der Waals surface area contributed by atoms with Crippen LogP contribution in [-0.4, -0.2) is 36.1 Å². The summed E-state index contributed by atoms with van der Waals surface area (Å²) in [5.41, 5.74) is 0.115. The molecule has 9 heteroatoms. The molecule has 1 fully saturated rings. The second kappa shape index (κ2) is 8.27. The van der Waals surface area contributed by atoms with Gasteiger partial charge in [-0.15, -0.1) is 0 Å². The van der Waals surface area contributed by atoms with Gasteiger partial charge in [0, 0.05) is 9.85 Å². The van der Waals surface area contributed by atoms with Gasteiger partial charge in [-0.2, -0.15) is 0 Å². The summed E-state index contributed by atoms with van der Waals surface area (Å²) in [6.07, 6.45) is 0. The molecule has 3 rings (SSSR count). The van der Waals surface area contributed by atoms with E-state index < -0.39 is 39.4 Å². The summed E-state index contributed by atoms with van der Waals surface area (Å²) < 4.78 is 10.4. The third-order valence-electron chi connectivity index (χ3n) is 5.92. The highest BCUT2D eigenvalue weighted by molar-refractivity contribution is 5.34. The van der Waals surface area contributed by atoms with Crippen molar-refractivity contribution in [2.24, 2.45) is 5.41 Å². The first-order chi connectivity index (χ1) is 14.2. The zero-order chi connectivity index (χ0) is 22.1. The summed E-state index contributed by atoms with van der Waals surface area (Å²) >= 11 is 0. The van der Waals surface area contributed by atoms with Gasteiger partial charge in [-0.25, -0.2) is 0 Å². The first-order valence-corrected chi connectivity index (χ1v) is 9.51. The second-order valence-electron chi connectivity index (χ2n) is 7.95. The minimum atomic E-state index is -1.23. The Morgan fingerprint density at radius 3 is 1.37 bits per heavy atom. The maximum Gasteiger partial charge on any atom is 0.243 e. The molecule has 1 N–H and O–H groups in total. The van der Waals surface area contributed by atoms with Gasteiger partial charge in [0.25, 0.3) is 0 Å². The normalized spacial score (nSPS) is 25.3. The molecule has 1 aliphatic heterocycles. The van der Waals surface area contributed by atoms with Crippen molar-refractivity contribution < 1.29 is 19.3 Å². The topological polar surface area (TPSA) is 117 Å². The van der Waals surface area contributed by atoms with Crippen molar-refractivity contribution in [2.45, 2.75) is 38.0 Å². The fraction of sp³-hybridized carbons (Fsp3) is 0.429. The van der Waals surface area contributed by atoms with Crippen LogP contribution in [0.3, 0.4) is 0 Å². The molecule has 0 unspecified atom stereocenters. The molecule has 30 heavy (non-hydrogen) atoms. The molecular weight excluding hydrogens is 390 g/mol. The molecule has 0 aromatic heterocycles. The molecule has 4 atom stereocenters. The number of ether oxygens (including phenoxy) is 2. The third-order valence-corrected chi connectivity index (χ3v) is 5.92. The van der Waals surface area contributed by atoms with Crippen LogP contribution in [0.15, 0.2) is 48.5 Å². The average molecular weight is 415 g/mol.